The van der Waals surface area contributed by atoms with Crippen molar-refractivity contribution in [3.63, 3.8) is 0 Å². The van der Waals surface area contributed by atoms with Gasteiger partial charge in [0.25, 0.3) is 5.91 Å². The first-order valence-corrected chi connectivity index (χ1v) is 10.3. The molecule has 1 amide bonds. The fraction of sp³-hybridized carbons (Fsp3) is 0.353. The molecule has 1 atom stereocenters. The summed E-state index contributed by atoms with van der Waals surface area (Å²) in [7, 11) is -3.70. The standard InChI is InChI=1S/C17H20N2O3S2/c1-11(12-6-8-13(9-7-12)24(18,21)22)19-17(20)15-10-23-16-5-3-2-4-14(15)16/h6-11H,2-5H2,1H3,(H,19,20)(H2,18,21,22). The molecule has 1 aromatic heterocycles. The monoisotopic (exact) mass is 364 g/mol. The van der Waals surface area contributed by atoms with Gasteiger partial charge >= 0.3 is 0 Å². The van der Waals surface area contributed by atoms with Gasteiger partial charge in [-0.25, -0.2) is 13.6 Å². The molecule has 24 heavy (non-hydrogen) atoms. The van der Waals surface area contributed by atoms with E-state index in [9.17, 15) is 13.2 Å². The summed E-state index contributed by atoms with van der Waals surface area (Å²) in [5, 5.41) is 10.0. The third-order valence-electron chi connectivity index (χ3n) is 4.36. The van der Waals surface area contributed by atoms with Crippen LogP contribution in [0, 0.1) is 0 Å². The Hall–Kier alpha value is -1.70. The van der Waals surface area contributed by atoms with Crippen LogP contribution in [0.25, 0.3) is 0 Å². The summed E-state index contributed by atoms with van der Waals surface area (Å²) in [6.07, 6.45) is 4.37. The summed E-state index contributed by atoms with van der Waals surface area (Å²) in [5.74, 6) is -0.0718. The minimum Gasteiger partial charge on any atom is -0.345 e. The van der Waals surface area contributed by atoms with E-state index in [1.54, 1.807) is 23.5 Å². The number of aryl methyl sites for hydroxylation is 1. The van der Waals surface area contributed by atoms with Crippen molar-refractivity contribution in [2.24, 2.45) is 5.14 Å². The molecule has 0 spiro atoms. The van der Waals surface area contributed by atoms with Crippen LogP contribution in [-0.4, -0.2) is 14.3 Å². The summed E-state index contributed by atoms with van der Waals surface area (Å²) >= 11 is 1.67. The number of hydrogen-bond donors (Lipinski definition) is 2. The molecule has 5 nitrogen and oxygen atoms in total. The van der Waals surface area contributed by atoms with Crippen molar-refractivity contribution >= 4 is 27.3 Å². The average Bonchev–Trinajstić information content (AvgIpc) is 2.98. The third kappa shape index (κ3) is 3.53. The number of hydrogen-bond acceptors (Lipinski definition) is 4. The van der Waals surface area contributed by atoms with E-state index in [2.05, 4.69) is 5.32 Å². The van der Waals surface area contributed by atoms with Crippen molar-refractivity contribution in [2.45, 2.75) is 43.5 Å². The first-order chi connectivity index (χ1) is 11.4. The lowest BCUT2D eigenvalue weighted by molar-refractivity contribution is 0.0939. The van der Waals surface area contributed by atoms with E-state index in [1.807, 2.05) is 12.3 Å². The zero-order valence-electron chi connectivity index (χ0n) is 13.4. The van der Waals surface area contributed by atoms with Crippen LogP contribution in [0.4, 0.5) is 0 Å². The number of nitrogens with one attached hydrogen (secondary N) is 1. The van der Waals surface area contributed by atoms with Crippen molar-refractivity contribution in [3.05, 3.63) is 51.2 Å². The van der Waals surface area contributed by atoms with Crippen molar-refractivity contribution < 1.29 is 13.2 Å². The Labute approximate surface area is 145 Å². The number of primary sulfonamides is 1. The molecule has 1 heterocycles. The second-order valence-corrected chi connectivity index (χ2v) is 8.59. The number of rotatable bonds is 4. The Bertz CT molecular complexity index is 854. The molecule has 2 aromatic rings. The highest BCUT2D eigenvalue weighted by Crippen LogP contribution is 2.30. The van der Waals surface area contributed by atoms with E-state index in [4.69, 9.17) is 5.14 Å². The molecule has 1 aliphatic rings. The summed E-state index contributed by atoms with van der Waals surface area (Å²) in [4.78, 5) is 14.0. The number of sulfonamides is 1. The largest absolute Gasteiger partial charge is 0.345 e. The van der Waals surface area contributed by atoms with Gasteiger partial charge in [0.1, 0.15) is 0 Å². The predicted octanol–water partition coefficient (Wildman–Crippen LogP) is 2.77. The lowest BCUT2D eigenvalue weighted by Gasteiger charge is -2.16. The summed E-state index contributed by atoms with van der Waals surface area (Å²) < 4.78 is 22.6. The van der Waals surface area contributed by atoms with Gasteiger partial charge in [0.15, 0.2) is 0 Å². The molecule has 0 saturated heterocycles. The van der Waals surface area contributed by atoms with E-state index in [0.29, 0.717) is 0 Å². The zero-order valence-corrected chi connectivity index (χ0v) is 15.0. The first-order valence-electron chi connectivity index (χ1n) is 7.89. The van der Waals surface area contributed by atoms with Gasteiger partial charge < -0.3 is 5.32 Å². The highest BCUT2D eigenvalue weighted by Gasteiger charge is 2.21. The number of carbonyl (C=O) groups is 1. The molecule has 0 fully saturated rings. The normalized spacial score (nSPS) is 15.6. The van der Waals surface area contributed by atoms with E-state index in [0.717, 1.165) is 30.4 Å². The number of carbonyl (C=O) groups excluding carboxylic acids is 1. The lowest BCUT2D eigenvalue weighted by atomic mass is 9.95. The SMILES string of the molecule is CC(NC(=O)c1csc2c1CCCC2)c1ccc(S(N)(=O)=O)cc1. The summed E-state index contributed by atoms with van der Waals surface area (Å²) in [6.45, 7) is 1.88. The zero-order chi connectivity index (χ0) is 17.3. The van der Waals surface area contributed by atoms with Crippen LogP contribution >= 0.6 is 11.3 Å². The Morgan fingerprint density at radius 1 is 1.21 bits per heavy atom. The van der Waals surface area contributed by atoms with Crippen LogP contribution in [0.1, 0.15) is 52.2 Å². The van der Waals surface area contributed by atoms with Gasteiger partial charge in [-0.05, 0) is 55.9 Å². The molecular weight excluding hydrogens is 344 g/mol. The maximum atomic E-state index is 12.6. The molecule has 0 aliphatic heterocycles. The Balaban J connectivity index is 1.73. The molecule has 128 valence electrons. The van der Waals surface area contributed by atoms with Crippen LogP contribution in [0.5, 0.6) is 0 Å². The molecular formula is C17H20N2O3S2. The third-order valence-corrected chi connectivity index (χ3v) is 6.38. The highest BCUT2D eigenvalue weighted by atomic mass is 32.2. The first kappa shape index (κ1) is 17.1. The number of thiophene rings is 1. The molecule has 0 bridgehead atoms. The molecule has 1 unspecified atom stereocenters. The van der Waals surface area contributed by atoms with Crippen molar-refractivity contribution in [1.82, 2.24) is 5.32 Å². The second kappa shape index (κ2) is 6.66. The quantitative estimate of drug-likeness (QED) is 0.874. The number of fused-ring (bicyclic) bond motifs is 1. The highest BCUT2D eigenvalue weighted by molar-refractivity contribution is 7.89. The number of amides is 1. The Kier molecular flexibility index (Phi) is 4.76. The second-order valence-electron chi connectivity index (χ2n) is 6.07. The topological polar surface area (TPSA) is 89.3 Å². The summed E-state index contributed by atoms with van der Waals surface area (Å²) in [5.41, 5.74) is 2.81. The predicted molar refractivity (Wildman–Crippen MR) is 94.7 cm³/mol. The van der Waals surface area contributed by atoms with Crippen LogP contribution in [0.3, 0.4) is 0 Å². The van der Waals surface area contributed by atoms with E-state index in [1.165, 1.54) is 29.0 Å². The maximum Gasteiger partial charge on any atom is 0.252 e. The molecule has 1 aliphatic carbocycles. The van der Waals surface area contributed by atoms with Gasteiger partial charge in [-0.3, -0.25) is 4.79 Å². The fourth-order valence-corrected chi connectivity index (χ4v) is 4.63. The van der Waals surface area contributed by atoms with Crippen molar-refractivity contribution in [3.8, 4) is 0 Å². The van der Waals surface area contributed by atoms with Crippen LogP contribution in [-0.2, 0) is 22.9 Å². The van der Waals surface area contributed by atoms with Gasteiger partial charge in [-0.1, -0.05) is 12.1 Å². The van der Waals surface area contributed by atoms with Crippen molar-refractivity contribution in [2.75, 3.05) is 0 Å². The van der Waals surface area contributed by atoms with Gasteiger partial charge in [-0.2, -0.15) is 0 Å². The Morgan fingerprint density at radius 2 is 1.88 bits per heavy atom. The van der Waals surface area contributed by atoms with Crippen LogP contribution in [0.2, 0.25) is 0 Å². The van der Waals surface area contributed by atoms with Crippen LogP contribution in [0.15, 0.2) is 34.5 Å². The Morgan fingerprint density at radius 3 is 2.54 bits per heavy atom. The minimum absolute atomic E-state index is 0.0664. The molecule has 3 N–H and O–H groups in total. The number of nitrogens with two attached hydrogens (primary N) is 1. The average molecular weight is 364 g/mol. The van der Waals surface area contributed by atoms with E-state index >= 15 is 0 Å². The summed E-state index contributed by atoms with van der Waals surface area (Å²) in [6, 6.07) is 6.05. The van der Waals surface area contributed by atoms with E-state index in [-0.39, 0.29) is 16.8 Å². The molecule has 1 aromatic carbocycles. The van der Waals surface area contributed by atoms with Gasteiger partial charge in [-0.15, -0.1) is 11.3 Å². The maximum absolute atomic E-state index is 12.6. The van der Waals surface area contributed by atoms with Crippen LogP contribution < -0.4 is 10.5 Å². The molecule has 7 heteroatoms. The van der Waals surface area contributed by atoms with Crippen molar-refractivity contribution in [1.29, 1.82) is 0 Å². The van der Waals surface area contributed by atoms with Gasteiger partial charge in [0.05, 0.1) is 16.5 Å². The fourth-order valence-electron chi connectivity index (χ4n) is 2.99. The minimum atomic E-state index is -3.70. The lowest BCUT2D eigenvalue weighted by Crippen LogP contribution is -2.27. The van der Waals surface area contributed by atoms with Gasteiger partial charge in [0.2, 0.25) is 10.0 Å². The molecule has 0 radical (unpaired) electrons. The van der Waals surface area contributed by atoms with Gasteiger partial charge in [0, 0.05) is 10.3 Å². The molecule has 0 saturated carbocycles. The molecule has 3 rings (SSSR count). The smallest absolute Gasteiger partial charge is 0.252 e. The van der Waals surface area contributed by atoms with E-state index < -0.39 is 10.0 Å². The number of benzene rings is 1.